The summed E-state index contributed by atoms with van der Waals surface area (Å²) in [4.78, 5) is 9.63. The van der Waals surface area contributed by atoms with Crippen LogP contribution < -0.4 is 4.72 Å². The molecule has 1 N–H and O–H groups in total. The number of nitrogens with one attached hydrogen (secondary N) is 1. The Morgan fingerprint density at radius 1 is 1.20 bits per heavy atom. The maximum absolute atomic E-state index is 13.7. The molecule has 30 heavy (non-hydrogen) atoms. The zero-order valence-corrected chi connectivity index (χ0v) is 17.5. The molecule has 0 saturated heterocycles. The molecule has 0 radical (unpaired) electrons. The van der Waals surface area contributed by atoms with Crippen molar-refractivity contribution >= 4 is 48.9 Å². The Morgan fingerprint density at radius 3 is 2.47 bits per heavy atom. The van der Waals surface area contributed by atoms with Crippen molar-refractivity contribution in [3.8, 4) is 5.69 Å². The lowest BCUT2D eigenvalue weighted by atomic mass is 10.3. The van der Waals surface area contributed by atoms with Crippen molar-refractivity contribution in [2.45, 2.75) is 11.1 Å². The molecule has 3 rings (SSSR count). The topological polar surface area (TPSA) is 107 Å². The van der Waals surface area contributed by atoms with Gasteiger partial charge in [-0.2, -0.15) is 18.3 Å². The van der Waals surface area contributed by atoms with Gasteiger partial charge in [-0.1, -0.05) is 17.7 Å². The molecule has 0 amide bonds. The second kappa shape index (κ2) is 7.89. The fourth-order valence-electron chi connectivity index (χ4n) is 2.51. The number of nitrogens with zero attached hydrogens (tertiary/aromatic N) is 3. The van der Waals surface area contributed by atoms with Gasteiger partial charge in [-0.25, -0.2) is 13.1 Å². The fraction of sp³-hybridized carbons (Fsp3) is 0.0625. The third-order valence-electron chi connectivity index (χ3n) is 3.76. The quantitative estimate of drug-likeness (QED) is 0.372. The van der Waals surface area contributed by atoms with E-state index in [0.29, 0.717) is 10.9 Å². The van der Waals surface area contributed by atoms with Gasteiger partial charge in [0, 0.05) is 11.1 Å². The Balaban J connectivity index is 2.06. The number of rotatable bonds is 5. The third kappa shape index (κ3) is 4.42. The Hall–Kier alpha value is -2.64. The number of aromatic nitrogens is 2. The van der Waals surface area contributed by atoms with Crippen LogP contribution >= 0.6 is 27.5 Å². The minimum atomic E-state index is -4.97. The van der Waals surface area contributed by atoms with Crippen LogP contribution in [0.15, 0.2) is 58.0 Å². The van der Waals surface area contributed by atoms with Crippen molar-refractivity contribution < 1.29 is 26.5 Å². The zero-order chi connectivity index (χ0) is 22.3. The molecule has 0 unspecified atom stereocenters. The maximum Gasteiger partial charge on any atom is 0.435 e. The van der Waals surface area contributed by atoms with Crippen LogP contribution in [0.3, 0.4) is 0 Å². The molecule has 0 atom stereocenters. The summed E-state index contributed by atoms with van der Waals surface area (Å²) < 4.78 is 68.5. The number of halogens is 5. The number of anilines is 1. The van der Waals surface area contributed by atoms with E-state index >= 15 is 0 Å². The van der Waals surface area contributed by atoms with Crippen LogP contribution in [0.2, 0.25) is 5.02 Å². The van der Waals surface area contributed by atoms with E-state index in [1.165, 1.54) is 24.3 Å². The largest absolute Gasteiger partial charge is 0.435 e. The summed E-state index contributed by atoms with van der Waals surface area (Å²) in [6.07, 6.45) is -4.26. The van der Waals surface area contributed by atoms with Gasteiger partial charge in [0.2, 0.25) is 0 Å². The summed E-state index contributed by atoms with van der Waals surface area (Å²) in [7, 11) is -4.52. The summed E-state index contributed by atoms with van der Waals surface area (Å²) in [5, 5.41) is 14.7. The highest BCUT2D eigenvalue weighted by molar-refractivity contribution is 9.10. The summed E-state index contributed by atoms with van der Waals surface area (Å²) >= 11 is 8.69. The average Bonchev–Trinajstić information content (AvgIpc) is 3.04. The summed E-state index contributed by atoms with van der Waals surface area (Å²) in [5.74, 6) is 0. The number of alkyl halides is 3. The van der Waals surface area contributed by atoms with Crippen molar-refractivity contribution in [2.24, 2.45) is 0 Å². The first-order chi connectivity index (χ1) is 13.9. The second-order valence-electron chi connectivity index (χ2n) is 5.77. The number of nitro groups is 1. The molecule has 1 aromatic heterocycles. The molecule has 3 aromatic rings. The van der Waals surface area contributed by atoms with Gasteiger partial charge < -0.3 is 0 Å². The van der Waals surface area contributed by atoms with Gasteiger partial charge in [-0.3, -0.25) is 14.8 Å². The van der Waals surface area contributed by atoms with Crippen molar-refractivity contribution in [3.05, 3.63) is 74.0 Å². The summed E-state index contributed by atoms with van der Waals surface area (Å²) in [5.41, 5.74) is -2.62. The molecule has 0 aliphatic rings. The first-order valence-electron chi connectivity index (χ1n) is 7.78. The van der Waals surface area contributed by atoms with Gasteiger partial charge in [0.05, 0.1) is 31.9 Å². The van der Waals surface area contributed by atoms with Gasteiger partial charge in [0.15, 0.2) is 5.69 Å². The molecule has 0 spiro atoms. The predicted molar refractivity (Wildman–Crippen MR) is 105 cm³/mol. The Morgan fingerprint density at radius 2 is 1.90 bits per heavy atom. The third-order valence-corrected chi connectivity index (χ3v) is 5.99. The smallest absolute Gasteiger partial charge is 0.276 e. The van der Waals surface area contributed by atoms with Crippen LogP contribution in [-0.4, -0.2) is 23.1 Å². The monoisotopic (exact) mass is 524 g/mol. The lowest BCUT2D eigenvalue weighted by Crippen LogP contribution is -2.19. The van der Waals surface area contributed by atoms with E-state index in [4.69, 9.17) is 11.6 Å². The molecule has 0 saturated carbocycles. The normalized spacial score (nSPS) is 12.0. The van der Waals surface area contributed by atoms with Crippen molar-refractivity contribution in [3.63, 3.8) is 0 Å². The number of nitro benzene ring substituents is 1. The fourth-order valence-corrected chi connectivity index (χ4v) is 4.44. The standard InChI is InChI=1S/C16H9BrClF3N4O4S/c17-12-7-11(4-5-14(12)25(26)27)30(28,29)23-13-8-22-24(15(13)16(19,20)21)10-3-1-2-9(18)6-10/h1-8,23H. The van der Waals surface area contributed by atoms with Crippen molar-refractivity contribution in [2.75, 3.05) is 4.72 Å². The van der Waals surface area contributed by atoms with Crippen LogP contribution in [0, 0.1) is 10.1 Å². The Labute approximate surface area is 180 Å². The van der Waals surface area contributed by atoms with Crippen LogP contribution in [-0.2, 0) is 16.2 Å². The SMILES string of the molecule is O=[N+]([O-])c1ccc(S(=O)(=O)Nc2cnn(-c3cccc(Cl)c3)c2C(F)(F)F)cc1Br. The number of hydrogen-bond donors (Lipinski definition) is 1. The molecule has 0 bridgehead atoms. The lowest BCUT2D eigenvalue weighted by molar-refractivity contribution is -0.385. The number of benzene rings is 2. The van der Waals surface area contributed by atoms with Gasteiger partial charge in [-0.15, -0.1) is 0 Å². The van der Waals surface area contributed by atoms with E-state index in [-0.39, 0.29) is 15.2 Å². The molecular weight excluding hydrogens is 517 g/mol. The molecule has 2 aromatic carbocycles. The minimum Gasteiger partial charge on any atom is -0.276 e. The van der Waals surface area contributed by atoms with Gasteiger partial charge in [-0.05, 0) is 46.3 Å². The summed E-state index contributed by atoms with van der Waals surface area (Å²) in [6.45, 7) is 0. The van der Waals surface area contributed by atoms with Gasteiger partial charge in [0.25, 0.3) is 15.7 Å². The molecule has 0 fully saturated rings. The van der Waals surface area contributed by atoms with Crippen LogP contribution in [0.1, 0.15) is 5.69 Å². The van der Waals surface area contributed by atoms with Crippen molar-refractivity contribution in [1.82, 2.24) is 9.78 Å². The van der Waals surface area contributed by atoms with E-state index in [1.807, 2.05) is 4.72 Å². The van der Waals surface area contributed by atoms with Crippen LogP contribution in [0.25, 0.3) is 5.69 Å². The first kappa shape index (κ1) is 22.1. The van der Waals surface area contributed by atoms with E-state index in [9.17, 15) is 31.7 Å². The highest BCUT2D eigenvalue weighted by atomic mass is 79.9. The Bertz CT molecular complexity index is 1250. The zero-order valence-electron chi connectivity index (χ0n) is 14.4. The van der Waals surface area contributed by atoms with E-state index in [1.54, 1.807) is 0 Å². The van der Waals surface area contributed by atoms with Gasteiger partial charge in [0.1, 0.15) is 0 Å². The second-order valence-corrected chi connectivity index (χ2v) is 8.75. The predicted octanol–water partition coefficient (Wildman–Crippen LogP) is 5.02. The van der Waals surface area contributed by atoms with Crippen LogP contribution in [0.4, 0.5) is 24.5 Å². The summed E-state index contributed by atoms with van der Waals surface area (Å²) in [6, 6.07) is 8.15. The highest BCUT2D eigenvalue weighted by Crippen LogP contribution is 2.38. The molecule has 0 aliphatic carbocycles. The minimum absolute atomic E-state index is 0.0293. The molecular formula is C16H9BrClF3N4O4S. The Kier molecular flexibility index (Phi) is 5.80. The average molecular weight is 526 g/mol. The molecule has 0 aliphatic heterocycles. The lowest BCUT2D eigenvalue weighted by Gasteiger charge is -2.14. The molecule has 158 valence electrons. The maximum atomic E-state index is 13.7. The number of hydrogen-bond acceptors (Lipinski definition) is 5. The van der Waals surface area contributed by atoms with Crippen LogP contribution in [0.5, 0.6) is 0 Å². The highest BCUT2D eigenvalue weighted by Gasteiger charge is 2.40. The molecule has 1 heterocycles. The van der Waals surface area contributed by atoms with E-state index in [0.717, 1.165) is 18.2 Å². The van der Waals surface area contributed by atoms with Gasteiger partial charge >= 0.3 is 6.18 Å². The first-order valence-corrected chi connectivity index (χ1v) is 10.4. The number of sulfonamides is 1. The van der Waals surface area contributed by atoms with E-state index < -0.39 is 43.1 Å². The van der Waals surface area contributed by atoms with E-state index in [2.05, 4.69) is 21.0 Å². The molecule has 14 heteroatoms. The molecule has 8 nitrogen and oxygen atoms in total. The van der Waals surface area contributed by atoms with Crippen molar-refractivity contribution in [1.29, 1.82) is 0 Å².